The second-order valence-corrected chi connectivity index (χ2v) is 3.41. The minimum atomic E-state index is 0.250. The van der Waals surface area contributed by atoms with E-state index >= 15 is 0 Å². The first kappa shape index (κ1) is 11.6. The van der Waals surface area contributed by atoms with E-state index in [1.54, 1.807) is 0 Å². The maximum atomic E-state index is 8.58. The van der Waals surface area contributed by atoms with Gasteiger partial charge in [-0.1, -0.05) is 6.92 Å². The number of aromatic nitrogens is 3. The maximum Gasteiger partial charge on any atom is 0.204 e. The molecule has 6 heteroatoms. The lowest BCUT2D eigenvalue weighted by molar-refractivity contribution is -0.106. The summed E-state index contributed by atoms with van der Waals surface area (Å²) < 4.78 is 2.24. The Kier molecular flexibility index (Phi) is 4.23. The van der Waals surface area contributed by atoms with Crippen molar-refractivity contribution in [2.75, 3.05) is 13.6 Å². The molecule has 0 spiro atoms. The van der Waals surface area contributed by atoms with Crippen LogP contribution in [-0.2, 0) is 24.3 Å². The molecule has 15 heavy (non-hydrogen) atoms. The molecule has 0 unspecified atom stereocenters. The van der Waals surface area contributed by atoms with Crippen LogP contribution in [0.25, 0.3) is 0 Å². The topological polar surface area (TPSA) is 77.0 Å². The Morgan fingerprint density at radius 3 is 2.73 bits per heavy atom. The molecule has 6 nitrogen and oxygen atoms in total. The lowest BCUT2D eigenvalue weighted by Gasteiger charge is -2.23. The molecule has 1 aliphatic rings. The number of nitrogens with zero attached hydrogens (tertiary/aromatic N) is 4. The molecule has 0 atom stereocenters. The third kappa shape index (κ3) is 2.76. The highest BCUT2D eigenvalue weighted by Gasteiger charge is 2.16. The number of hydrogen-bond acceptors (Lipinski definition) is 4. The van der Waals surface area contributed by atoms with Crippen LogP contribution in [0.15, 0.2) is 0 Å². The molecule has 2 N–H and O–H groups in total. The van der Waals surface area contributed by atoms with Crippen molar-refractivity contribution < 1.29 is 4.79 Å². The molecule has 1 aromatic rings. The van der Waals surface area contributed by atoms with Gasteiger partial charge in [-0.15, -0.1) is 10.2 Å². The monoisotopic (exact) mass is 211 g/mol. The molecular formula is C9H17N5O. The largest absolute Gasteiger partial charge is 0.372 e. The van der Waals surface area contributed by atoms with Crippen LogP contribution < -0.4 is 5.73 Å². The van der Waals surface area contributed by atoms with Crippen molar-refractivity contribution in [2.45, 2.75) is 26.4 Å². The van der Waals surface area contributed by atoms with Crippen LogP contribution in [0.3, 0.4) is 0 Å². The van der Waals surface area contributed by atoms with Gasteiger partial charge < -0.3 is 10.3 Å². The third-order valence-corrected chi connectivity index (χ3v) is 2.34. The molecule has 1 aliphatic heterocycles. The van der Waals surface area contributed by atoms with Crippen molar-refractivity contribution in [3.8, 4) is 0 Å². The fourth-order valence-corrected chi connectivity index (χ4v) is 1.60. The molecule has 0 aromatic carbocycles. The Hall–Kier alpha value is -1.43. The van der Waals surface area contributed by atoms with Crippen LogP contribution in [0.5, 0.6) is 0 Å². The Bertz CT molecular complexity index is 322. The van der Waals surface area contributed by atoms with Gasteiger partial charge in [0.15, 0.2) is 0 Å². The lowest BCUT2D eigenvalue weighted by atomic mass is 10.3. The summed E-state index contributed by atoms with van der Waals surface area (Å²) in [6.45, 7) is 5.21. The van der Waals surface area contributed by atoms with Gasteiger partial charge in [-0.3, -0.25) is 9.69 Å². The molecule has 0 fully saturated rings. The van der Waals surface area contributed by atoms with Gasteiger partial charge in [-0.2, -0.15) is 0 Å². The van der Waals surface area contributed by atoms with E-state index in [2.05, 4.69) is 39.4 Å². The first-order valence-electron chi connectivity index (χ1n) is 4.97. The van der Waals surface area contributed by atoms with Gasteiger partial charge in [0.2, 0.25) is 6.41 Å². The molecular weight excluding hydrogens is 194 g/mol. The molecule has 1 aromatic heterocycles. The SMILES string of the molecule is CCc1nnc2n1CCN(C)C2.NC=O. The minimum absolute atomic E-state index is 0.250. The summed E-state index contributed by atoms with van der Waals surface area (Å²) in [6, 6.07) is 0. The van der Waals surface area contributed by atoms with Crippen molar-refractivity contribution >= 4 is 6.41 Å². The summed E-state index contributed by atoms with van der Waals surface area (Å²) in [4.78, 5) is 10.9. The number of hydrogen-bond donors (Lipinski definition) is 1. The summed E-state index contributed by atoms with van der Waals surface area (Å²) in [5.41, 5.74) is 4.17. The molecule has 0 radical (unpaired) electrons. The standard InChI is InChI=1S/C8H14N4.CH3NO/c1-3-7-9-10-8-6-11(2)4-5-12(7)8;2-1-3/h3-6H2,1-2H3;1H,(H2,2,3). The van der Waals surface area contributed by atoms with Crippen LogP contribution in [0, 0.1) is 0 Å². The molecule has 2 heterocycles. The van der Waals surface area contributed by atoms with Gasteiger partial charge >= 0.3 is 0 Å². The van der Waals surface area contributed by atoms with Gasteiger partial charge in [0.25, 0.3) is 0 Å². The van der Waals surface area contributed by atoms with E-state index in [-0.39, 0.29) is 6.41 Å². The number of carbonyl (C=O) groups excluding carboxylic acids is 1. The zero-order valence-corrected chi connectivity index (χ0v) is 9.18. The predicted octanol–water partition coefficient (Wildman–Crippen LogP) is -0.613. The van der Waals surface area contributed by atoms with Crippen molar-refractivity contribution in [2.24, 2.45) is 5.73 Å². The van der Waals surface area contributed by atoms with Crippen molar-refractivity contribution in [3.05, 3.63) is 11.6 Å². The van der Waals surface area contributed by atoms with E-state index in [4.69, 9.17) is 4.79 Å². The van der Waals surface area contributed by atoms with E-state index in [1.807, 2.05) is 0 Å². The second-order valence-electron chi connectivity index (χ2n) is 3.41. The van der Waals surface area contributed by atoms with Crippen LogP contribution in [-0.4, -0.2) is 39.7 Å². The zero-order valence-electron chi connectivity index (χ0n) is 9.18. The van der Waals surface area contributed by atoms with Crippen LogP contribution in [0.1, 0.15) is 18.6 Å². The smallest absolute Gasteiger partial charge is 0.204 e. The number of likely N-dealkylation sites (N-methyl/N-ethyl adjacent to an activating group) is 1. The minimum Gasteiger partial charge on any atom is -0.372 e. The summed E-state index contributed by atoms with van der Waals surface area (Å²) in [5.74, 6) is 2.23. The van der Waals surface area contributed by atoms with E-state index in [0.29, 0.717) is 0 Å². The molecule has 0 bridgehead atoms. The summed E-state index contributed by atoms with van der Waals surface area (Å²) in [5, 5.41) is 8.29. The predicted molar refractivity (Wildman–Crippen MR) is 56.0 cm³/mol. The fourth-order valence-electron chi connectivity index (χ4n) is 1.60. The fraction of sp³-hybridized carbons (Fsp3) is 0.667. The molecule has 0 aliphatic carbocycles. The molecule has 0 saturated carbocycles. The highest BCUT2D eigenvalue weighted by Crippen LogP contribution is 2.10. The van der Waals surface area contributed by atoms with E-state index < -0.39 is 0 Å². The number of fused-ring (bicyclic) bond motifs is 1. The quantitative estimate of drug-likeness (QED) is 0.628. The van der Waals surface area contributed by atoms with Gasteiger partial charge in [-0.05, 0) is 7.05 Å². The number of nitrogens with two attached hydrogens (primary N) is 1. The highest BCUT2D eigenvalue weighted by atomic mass is 16.1. The number of primary amides is 1. The van der Waals surface area contributed by atoms with Crippen molar-refractivity contribution in [3.63, 3.8) is 0 Å². The Labute approximate surface area is 89.1 Å². The normalized spacial score (nSPS) is 15.1. The Morgan fingerprint density at radius 1 is 1.47 bits per heavy atom. The van der Waals surface area contributed by atoms with Gasteiger partial charge in [-0.25, -0.2) is 0 Å². The second kappa shape index (κ2) is 5.45. The molecule has 1 amide bonds. The molecule has 84 valence electrons. The van der Waals surface area contributed by atoms with E-state index in [0.717, 1.165) is 37.7 Å². The van der Waals surface area contributed by atoms with Gasteiger partial charge in [0.1, 0.15) is 11.6 Å². The van der Waals surface area contributed by atoms with Gasteiger partial charge in [0.05, 0.1) is 6.54 Å². The first-order valence-corrected chi connectivity index (χ1v) is 4.97. The highest BCUT2D eigenvalue weighted by molar-refractivity contribution is 5.42. The molecule has 0 saturated heterocycles. The maximum absolute atomic E-state index is 8.58. The average Bonchev–Trinajstić information content (AvgIpc) is 2.61. The number of aryl methyl sites for hydroxylation is 1. The average molecular weight is 211 g/mol. The van der Waals surface area contributed by atoms with Crippen LogP contribution in [0.4, 0.5) is 0 Å². The zero-order chi connectivity index (χ0) is 11.3. The summed E-state index contributed by atoms with van der Waals surface area (Å²) >= 11 is 0. The Balaban J connectivity index is 0.000000337. The van der Waals surface area contributed by atoms with Crippen molar-refractivity contribution in [1.82, 2.24) is 19.7 Å². The third-order valence-electron chi connectivity index (χ3n) is 2.34. The van der Waals surface area contributed by atoms with Crippen molar-refractivity contribution in [1.29, 1.82) is 0 Å². The molecule has 2 rings (SSSR count). The van der Waals surface area contributed by atoms with Gasteiger partial charge in [0, 0.05) is 19.5 Å². The summed E-state index contributed by atoms with van der Waals surface area (Å²) in [6.07, 6.45) is 1.23. The summed E-state index contributed by atoms with van der Waals surface area (Å²) in [7, 11) is 2.11. The number of amides is 1. The van der Waals surface area contributed by atoms with Crippen LogP contribution in [0.2, 0.25) is 0 Å². The first-order chi connectivity index (χ1) is 7.22. The lowest BCUT2D eigenvalue weighted by Crippen LogP contribution is -2.31. The number of rotatable bonds is 1. The number of carbonyl (C=O) groups is 1. The van der Waals surface area contributed by atoms with E-state index in [9.17, 15) is 0 Å². The van der Waals surface area contributed by atoms with E-state index in [1.165, 1.54) is 0 Å². The Morgan fingerprint density at radius 2 is 2.13 bits per heavy atom. The van der Waals surface area contributed by atoms with Crippen LogP contribution >= 0.6 is 0 Å².